The zero-order valence-electron chi connectivity index (χ0n) is 13.7. The lowest BCUT2D eigenvalue weighted by Gasteiger charge is -2.23. The maximum Gasteiger partial charge on any atom is 0.225 e. The van der Waals surface area contributed by atoms with Gasteiger partial charge in [0.25, 0.3) is 0 Å². The van der Waals surface area contributed by atoms with Crippen LogP contribution in [0.2, 0.25) is 0 Å². The van der Waals surface area contributed by atoms with Gasteiger partial charge in [0.1, 0.15) is 15.8 Å². The summed E-state index contributed by atoms with van der Waals surface area (Å²) in [5.41, 5.74) is 0.928. The van der Waals surface area contributed by atoms with E-state index in [0.29, 0.717) is 18.4 Å². The van der Waals surface area contributed by atoms with Crippen molar-refractivity contribution in [3.8, 4) is 0 Å². The summed E-state index contributed by atoms with van der Waals surface area (Å²) in [6.07, 6.45) is 0. The Morgan fingerprint density at radius 1 is 1.21 bits per heavy atom. The maximum atomic E-state index is 4.63. The lowest BCUT2D eigenvalue weighted by Crippen LogP contribution is -2.39. The fourth-order valence-electron chi connectivity index (χ4n) is 2.60. The molecular weight excluding hydrogens is 322 g/mol. The molecule has 0 saturated carbocycles. The minimum absolute atomic E-state index is 0.522. The number of nitrogens with one attached hydrogen (secondary N) is 2. The smallest absolute Gasteiger partial charge is 0.225 e. The zero-order valence-corrected chi connectivity index (χ0v) is 14.5. The Balaban J connectivity index is 1.54. The van der Waals surface area contributed by atoms with Crippen LogP contribution in [0.1, 0.15) is 15.9 Å². The molecule has 1 saturated heterocycles. The quantitative estimate of drug-likeness (QED) is 0.733. The Bertz CT molecular complexity index is 857. The summed E-state index contributed by atoms with van der Waals surface area (Å²) in [4.78, 5) is 11.2. The highest BCUT2D eigenvalue weighted by atomic mass is 32.1. The largest absolute Gasteiger partial charge is 0.362 e. The first-order valence-corrected chi connectivity index (χ1v) is 8.73. The number of hydrogen-bond donors (Lipinski definition) is 2. The van der Waals surface area contributed by atoms with Gasteiger partial charge in [-0.25, -0.2) is 4.98 Å². The molecule has 0 radical (unpaired) electrons. The molecule has 1 aliphatic heterocycles. The van der Waals surface area contributed by atoms with Crippen LogP contribution in [0, 0.1) is 0 Å². The van der Waals surface area contributed by atoms with Crippen molar-refractivity contribution in [1.82, 2.24) is 25.5 Å². The summed E-state index contributed by atoms with van der Waals surface area (Å²) in [5.74, 6) is 2.04. The topological polar surface area (TPSA) is 78.9 Å². The molecule has 0 unspecified atom stereocenters. The number of fused-ring (bicyclic) bond motifs is 1. The molecule has 1 aromatic carbocycles. The van der Waals surface area contributed by atoms with Crippen LogP contribution in [0.25, 0.3) is 10.9 Å². The SMILES string of the molecule is CN(C)c1nc(NCc2nnc(C3CNC3)s2)nc2ccccc12. The predicted molar refractivity (Wildman–Crippen MR) is 96.7 cm³/mol. The van der Waals surface area contributed by atoms with E-state index in [0.717, 1.165) is 39.8 Å². The van der Waals surface area contributed by atoms with E-state index in [2.05, 4.69) is 30.8 Å². The van der Waals surface area contributed by atoms with Gasteiger partial charge in [0.15, 0.2) is 0 Å². The van der Waals surface area contributed by atoms with Crippen LogP contribution in [0.5, 0.6) is 0 Å². The molecule has 2 aromatic heterocycles. The number of rotatable bonds is 5. The van der Waals surface area contributed by atoms with E-state index in [1.54, 1.807) is 11.3 Å². The van der Waals surface area contributed by atoms with Gasteiger partial charge in [-0.1, -0.05) is 23.5 Å². The van der Waals surface area contributed by atoms with Crippen molar-refractivity contribution in [3.05, 3.63) is 34.3 Å². The molecule has 4 rings (SSSR count). The molecule has 7 nitrogen and oxygen atoms in total. The average Bonchev–Trinajstić information content (AvgIpc) is 2.98. The van der Waals surface area contributed by atoms with Gasteiger partial charge in [-0.05, 0) is 12.1 Å². The summed E-state index contributed by atoms with van der Waals surface area (Å²) in [5, 5.41) is 18.2. The monoisotopic (exact) mass is 341 g/mol. The Kier molecular flexibility index (Phi) is 3.99. The molecule has 1 aliphatic rings. The third-order valence-electron chi connectivity index (χ3n) is 4.02. The Morgan fingerprint density at radius 2 is 2.04 bits per heavy atom. The van der Waals surface area contributed by atoms with Crippen LogP contribution >= 0.6 is 11.3 Å². The van der Waals surface area contributed by atoms with Gasteiger partial charge in [-0.3, -0.25) is 0 Å². The van der Waals surface area contributed by atoms with Crippen molar-refractivity contribution in [2.75, 3.05) is 37.4 Å². The molecule has 0 aliphatic carbocycles. The van der Waals surface area contributed by atoms with Gasteiger partial charge in [0.05, 0.1) is 12.1 Å². The highest BCUT2D eigenvalue weighted by Crippen LogP contribution is 2.25. The second kappa shape index (κ2) is 6.29. The number of hydrogen-bond acceptors (Lipinski definition) is 8. The first-order valence-electron chi connectivity index (χ1n) is 7.91. The van der Waals surface area contributed by atoms with Gasteiger partial charge >= 0.3 is 0 Å². The molecule has 0 amide bonds. The van der Waals surface area contributed by atoms with Crippen molar-refractivity contribution in [2.24, 2.45) is 0 Å². The van der Waals surface area contributed by atoms with Crippen molar-refractivity contribution < 1.29 is 0 Å². The number of benzene rings is 1. The van der Waals surface area contributed by atoms with E-state index >= 15 is 0 Å². The highest BCUT2D eigenvalue weighted by molar-refractivity contribution is 7.11. The van der Waals surface area contributed by atoms with E-state index in [4.69, 9.17) is 0 Å². The Hall–Kier alpha value is -2.32. The molecule has 2 N–H and O–H groups in total. The Morgan fingerprint density at radius 3 is 2.79 bits per heavy atom. The van der Waals surface area contributed by atoms with Crippen LogP contribution in [0.15, 0.2) is 24.3 Å². The molecule has 124 valence electrons. The number of anilines is 2. The second-order valence-corrected chi connectivity index (χ2v) is 7.12. The highest BCUT2D eigenvalue weighted by Gasteiger charge is 2.22. The first kappa shape index (κ1) is 15.2. The lowest BCUT2D eigenvalue weighted by molar-refractivity contribution is 0.444. The number of nitrogens with zero attached hydrogens (tertiary/aromatic N) is 5. The normalized spacial score (nSPS) is 14.6. The van der Waals surface area contributed by atoms with Gasteiger partial charge in [-0.2, -0.15) is 4.98 Å². The van der Waals surface area contributed by atoms with Crippen LogP contribution in [0.4, 0.5) is 11.8 Å². The lowest BCUT2D eigenvalue weighted by atomic mass is 10.1. The average molecular weight is 341 g/mol. The Labute approximate surface area is 144 Å². The van der Waals surface area contributed by atoms with E-state index in [1.807, 2.05) is 43.3 Å². The van der Waals surface area contributed by atoms with Crippen LogP contribution in [-0.4, -0.2) is 47.4 Å². The zero-order chi connectivity index (χ0) is 16.5. The van der Waals surface area contributed by atoms with Crippen molar-refractivity contribution in [3.63, 3.8) is 0 Å². The third kappa shape index (κ3) is 2.90. The summed E-state index contributed by atoms with van der Waals surface area (Å²) < 4.78 is 0. The first-order chi connectivity index (χ1) is 11.7. The molecule has 1 fully saturated rings. The second-order valence-electron chi connectivity index (χ2n) is 6.03. The van der Waals surface area contributed by atoms with Crippen molar-refractivity contribution in [2.45, 2.75) is 12.5 Å². The van der Waals surface area contributed by atoms with Crippen LogP contribution in [-0.2, 0) is 6.54 Å². The molecule has 0 atom stereocenters. The third-order valence-corrected chi connectivity index (χ3v) is 5.10. The standard InChI is InChI=1S/C16H19N7S/c1-23(2)14-11-5-3-4-6-12(11)19-16(20-14)18-9-13-21-22-15(24-13)10-7-17-8-10/h3-6,10,17H,7-9H2,1-2H3,(H,18,19,20). The fourth-order valence-corrected chi connectivity index (χ4v) is 3.48. The molecule has 24 heavy (non-hydrogen) atoms. The molecule has 3 aromatic rings. The summed E-state index contributed by atoms with van der Waals surface area (Å²) in [6.45, 7) is 2.59. The summed E-state index contributed by atoms with van der Waals surface area (Å²) in [6, 6.07) is 8.03. The fraction of sp³-hybridized carbons (Fsp3) is 0.375. The minimum Gasteiger partial charge on any atom is -0.362 e. The van der Waals surface area contributed by atoms with Gasteiger partial charge < -0.3 is 15.5 Å². The number of para-hydroxylation sites is 1. The molecule has 8 heteroatoms. The molecule has 0 bridgehead atoms. The van der Waals surface area contributed by atoms with E-state index in [9.17, 15) is 0 Å². The molecule has 0 spiro atoms. The maximum absolute atomic E-state index is 4.63. The van der Waals surface area contributed by atoms with Crippen molar-refractivity contribution >= 4 is 34.0 Å². The van der Waals surface area contributed by atoms with Gasteiger partial charge in [0, 0.05) is 38.5 Å². The minimum atomic E-state index is 0.522. The summed E-state index contributed by atoms with van der Waals surface area (Å²) in [7, 11) is 3.98. The van der Waals surface area contributed by atoms with Crippen LogP contribution in [0.3, 0.4) is 0 Å². The molecular formula is C16H19N7S. The van der Waals surface area contributed by atoms with Gasteiger partial charge in [0.2, 0.25) is 5.95 Å². The van der Waals surface area contributed by atoms with Crippen LogP contribution < -0.4 is 15.5 Å². The predicted octanol–water partition coefficient (Wildman–Crippen LogP) is 1.85. The van der Waals surface area contributed by atoms with E-state index in [1.165, 1.54) is 0 Å². The number of aromatic nitrogens is 4. The van der Waals surface area contributed by atoms with E-state index < -0.39 is 0 Å². The molecule has 3 heterocycles. The summed E-state index contributed by atoms with van der Waals surface area (Å²) >= 11 is 1.66. The van der Waals surface area contributed by atoms with Crippen molar-refractivity contribution in [1.29, 1.82) is 0 Å². The van der Waals surface area contributed by atoms with Gasteiger partial charge in [-0.15, -0.1) is 10.2 Å². The van der Waals surface area contributed by atoms with E-state index in [-0.39, 0.29) is 0 Å².